The number of nitrogens with zero attached hydrogens (tertiary/aromatic N) is 1. The molecule has 6 nitrogen and oxygen atoms in total. The maximum atomic E-state index is 12.5. The first-order valence-electron chi connectivity index (χ1n) is 9.37. The third kappa shape index (κ3) is 3.77. The molecule has 2 aromatic carbocycles. The first-order valence-corrected chi connectivity index (χ1v) is 9.37. The molecule has 2 N–H and O–H groups in total. The van der Waals surface area contributed by atoms with Crippen LogP contribution in [-0.4, -0.2) is 35.1 Å². The third-order valence-electron chi connectivity index (χ3n) is 5.07. The summed E-state index contributed by atoms with van der Waals surface area (Å²) in [6.45, 7) is 0.549. The van der Waals surface area contributed by atoms with Gasteiger partial charge in [0, 0.05) is 30.6 Å². The molecule has 4 rings (SSSR count). The Labute approximate surface area is 163 Å². The average molecular weight is 377 g/mol. The van der Waals surface area contributed by atoms with Gasteiger partial charge in [0.05, 0.1) is 13.2 Å². The lowest BCUT2D eigenvalue weighted by molar-refractivity contribution is -0.138. The summed E-state index contributed by atoms with van der Waals surface area (Å²) in [7, 11) is 1.98. The van der Waals surface area contributed by atoms with Crippen molar-refractivity contribution in [3.8, 4) is 0 Å². The zero-order valence-electron chi connectivity index (χ0n) is 15.7. The fourth-order valence-corrected chi connectivity index (χ4v) is 3.61. The minimum Gasteiger partial charge on any atom is -0.374 e. The number of fused-ring (bicyclic) bond motifs is 1. The average Bonchev–Trinajstić information content (AvgIpc) is 3.02. The summed E-state index contributed by atoms with van der Waals surface area (Å²) in [4.78, 5) is 25.0. The molecule has 0 radical (unpaired) electrons. The van der Waals surface area contributed by atoms with Crippen LogP contribution in [-0.2, 0) is 34.4 Å². The summed E-state index contributed by atoms with van der Waals surface area (Å²) in [5.74, 6) is -0.390. The highest BCUT2D eigenvalue weighted by Crippen LogP contribution is 2.22. The van der Waals surface area contributed by atoms with Gasteiger partial charge in [-0.25, -0.2) is 0 Å². The van der Waals surface area contributed by atoms with E-state index in [1.165, 1.54) is 0 Å². The maximum Gasteiger partial charge on any atom is 0.245 e. The first-order chi connectivity index (χ1) is 13.6. The van der Waals surface area contributed by atoms with Crippen LogP contribution in [0.25, 0.3) is 10.9 Å². The Morgan fingerprint density at radius 3 is 2.43 bits per heavy atom. The Morgan fingerprint density at radius 1 is 0.929 bits per heavy atom. The summed E-state index contributed by atoms with van der Waals surface area (Å²) in [6.07, 6.45) is 2.47. The second-order valence-electron chi connectivity index (χ2n) is 7.11. The highest BCUT2D eigenvalue weighted by molar-refractivity contribution is 5.97. The number of hydrogen-bond donors (Lipinski definition) is 2. The molecule has 1 aromatic heterocycles. The predicted octanol–water partition coefficient (Wildman–Crippen LogP) is 1.92. The SMILES string of the molecule is Cn1cc(C[C@H]2NC(=O)[C@@H](COCc3ccccc3)NC2=O)c2ccccc21. The van der Waals surface area contributed by atoms with E-state index in [2.05, 4.69) is 10.6 Å². The minimum absolute atomic E-state index is 0.146. The number of carbonyl (C=O) groups is 2. The second-order valence-corrected chi connectivity index (χ2v) is 7.11. The topological polar surface area (TPSA) is 72.4 Å². The van der Waals surface area contributed by atoms with Crippen molar-refractivity contribution in [2.45, 2.75) is 25.1 Å². The third-order valence-corrected chi connectivity index (χ3v) is 5.07. The van der Waals surface area contributed by atoms with Crippen molar-refractivity contribution in [1.82, 2.24) is 15.2 Å². The minimum atomic E-state index is -0.667. The summed E-state index contributed by atoms with van der Waals surface area (Å²) in [5.41, 5.74) is 3.17. The number of aryl methyl sites for hydroxylation is 1. The van der Waals surface area contributed by atoms with Gasteiger partial charge in [-0.2, -0.15) is 0 Å². The molecule has 6 heteroatoms. The van der Waals surface area contributed by atoms with Gasteiger partial charge >= 0.3 is 0 Å². The lowest BCUT2D eigenvalue weighted by Crippen LogP contribution is -2.63. The summed E-state index contributed by atoms with van der Waals surface area (Å²) >= 11 is 0. The number of rotatable bonds is 6. The van der Waals surface area contributed by atoms with Gasteiger partial charge in [-0.05, 0) is 17.2 Å². The van der Waals surface area contributed by atoms with Crippen LogP contribution in [0.2, 0.25) is 0 Å². The number of aromatic nitrogens is 1. The van der Waals surface area contributed by atoms with E-state index in [4.69, 9.17) is 4.74 Å². The van der Waals surface area contributed by atoms with Gasteiger partial charge in [-0.15, -0.1) is 0 Å². The Hall–Kier alpha value is -3.12. The van der Waals surface area contributed by atoms with Crippen molar-refractivity contribution in [2.24, 2.45) is 7.05 Å². The molecule has 0 spiro atoms. The fraction of sp³-hybridized carbons (Fsp3) is 0.273. The van der Waals surface area contributed by atoms with E-state index < -0.39 is 12.1 Å². The molecule has 0 aliphatic carbocycles. The number of ether oxygens (including phenoxy) is 1. The Balaban J connectivity index is 1.37. The molecule has 3 aromatic rings. The molecular weight excluding hydrogens is 354 g/mol. The molecule has 1 fully saturated rings. The van der Waals surface area contributed by atoms with Crippen LogP contribution in [0.4, 0.5) is 0 Å². The largest absolute Gasteiger partial charge is 0.374 e. The second kappa shape index (κ2) is 7.86. The molecule has 1 aliphatic heterocycles. The number of hydrogen-bond acceptors (Lipinski definition) is 3. The van der Waals surface area contributed by atoms with Gasteiger partial charge in [0.1, 0.15) is 12.1 Å². The zero-order chi connectivity index (χ0) is 19.5. The van der Waals surface area contributed by atoms with Gasteiger partial charge in [-0.3, -0.25) is 9.59 Å². The number of carbonyl (C=O) groups excluding carboxylic acids is 2. The van der Waals surface area contributed by atoms with Crippen LogP contribution in [0.5, 0.6) is 0 Å². The van der Waals surface area contributed by atoms with Crippen LogP contribution in [0.15, 0.2) is 60.8 Å². The van der Waals surface area contributed by atoms with Crippen LogP contribution >= 0.6 is 0 Å². The molecule has 1 aliphatic rings. The van der Waals surface area contributed by atoms with Crippen molar-refractivity contribution in [3.05, 3.63) is 71.9 Å². The fourth-order valence-electron chi connectivity index (χ4n) is 3.61. The van der Waals surface area contributed by atoms with E-state index in [0.717, 1.165) is 22.0 Å². The summed E-state index contributed by atoms with van der Waals surface area (Å²) in [5, 5.41) is 6.74. The first kappa shape index (κ1) is 18.3. The van der Waals surface area contributed by atoms with Crippen molar-refractivity contribution >= 4 is 22.7 Å². The summed E-state index contributed by atoms with van der Waals surface area (Å²) < 4.78 is 7.65. The molecule has 2 amide bonds. The van der Waals surface area contributed by atoms with Gasteiger partial charge in [0.2, 0.25) is 11.8 Å². The number of benzene rings is 2. The van der Waals surface area contributed by atoms with Crippen LogP contribution in [0.1, 0.15) is 11.1 Å². The normalized spacial score (nSPS) is 19.5. The van der Waals surface area contributed by atoms with E-state index in [9.17, 15) is 9.59 Å². The van der Waals surface area contributed by atoms with E-state index >= 15 is 0 Å². The van der Waals surface area contributed by atoms with Crippen LogP contribution < -0.4 is 10.6 Å². The molecule has 1 saturated heterocycles. The zero-order valence-corrected chi connectivity index (χ0v) is 15.7. The van der Waals surface area contributed by atoms with E-state index in [-0.39, 0.29) is 18.4 Å². The van der Waals surface area contributed by atoms with E-state index in [1.54, 1.807) is 0 Å². The molecule has 144 valence electrons. The lowest BCUT2D eigenvalue weighted by atomic mass is 10.0. The highest BCUT2D eigenvalue weighted by Gasteiger charge is 2.34. The monoisotopic (exact) mass is 377 g/mol. The van der Waals surface area contributed by atoms with Gasteiger partial charge in [-0.1, -0.05) is 48.5 Å². The Bertz CT molecular complexity index is 997. The molecular formula is C22H23N3O3. The van der Waals surface area contributed by atoms with Gasteiger partial charge in [0.25, 0.3) is 0 Å². The molecule has 0 unspecified atom stereocenters. The maximum absolute atomic E-state index is 12.5. The number of piperazine rings is 1. The number of nitrogens with one attached hydrogen (secondary N) is 2. The smallest absolute Gasteiger partial charge is 0.245 e. The molecule has 2 heterocycles. The van der Waals surface area contributed by atoms with Crippen LogP contribution in [0, 0.1) is 0 Å². The van der Waals surface area contributed by atoms with Crippen LogP contribution in [0.3, 0.4) is 0 Å². The molecule has 0 bridgehead atoms. The van der Waals surface area contributed by atoms with Crippen molar-refractivity contribution in [1.29, 1.82) is 0 Å². The van der Waals surface area contributed by atoms with Crippen molar-refractivity contribution in [3.63, 3.8) is 0 Å². The Morgan fingerprint density at radius 2 is 1.61 bits per heavy atom. The molecule has 2 atom stereocenters. The molecule has 0 saturated carbocycles. The quantitative estimate of drug-likeness (QED) is 0.689. The van der Waals surface area contributed by atoms with Gasteiger partial charge in [0.15, 0.2) is 0 Å². The highest BCUT2D eigenvalue weighted by atomic mass is 16.5. The van der Waals surface area contributed by atoms with E-state index in [1.807, 2.05) is 72.4 Å². The number of amides is 2. The predicted molar refractivity (Wildman–Crippen MR) is 107 cm³/mol. The number of para-hydroxylation sites is 1. The lowest BCUT2D eigenvalue weighted by Gasteiger charge is -2.29. The molecule has 28 heavy (non-hydrogen) atoms. The summed E-state index contributed by atoms with van der Waals surface area (Å²) in [6, 6.07) is 16.5. The van der Waals surface area contributed by atoms with Gasteiger partial charge < -0.3 is 19.9 Å². The van der Waals surface area contributed by atoms with Crippen molar-refractivity contribution in [2.75, 3.05) is 6.61 Å². The van der Waals surface area contributed by atoms with Crippen molar-refractivity contribution < 1.29 is 14.3 Å². The Kier molecular flexibility index (Phi) is 5.12. The standard InChI is InChI=1S/C22H23N3O3/c1-25-12-16(17-9-5-6-10-20(17)25)11-18-21(26)24-19(22(27)23-18)14-28-13-15-7-3-2-4-8-15/h2-10,12,18-19H,11,13-14H2,1H3,(H,23,27)(H,24,26)/t18-,19-/m1/s1. The van der Waals surface area contributed by atoms with E-state index in [0.29, 0.717) is 13.0 Å².